The van der Waals surface area contributed by atoms with Crippen molar-refractivity contribution in [2.75, 3.05) is 13.7 Å². The summed E-state index contributed by atoms with van der Waals surface area (Å²) >= 11 is 0. The Morgan fingerprint density at radius 1 is 1.14 bits per heavy atom. The van der Waals surface area contributed by atoms with E-state index in [9.17, 15) is 9.90 Å². The average Bonchev–Trinajstić information content (AvgIpc) is 3.35. The number of nitriles is 1. The fraction of sp³-hybridized carbons (Fsp3) is 0.219. The Morgan fingerprint density at radius 2 is 1.98 bits per heavy atom. The van der Waals surface area contributed by atoms with Crippen molar-refractivity contribution in [2.45, 2.75) is 32.1 Å². The number of fused-ring (bicyclic) bond motifs is 1. The van der Waals surface area contributed by atoms with Crippen molar-refractivity contribution >= 4 is 17.0 Å². The van der Waals surface area contributed by atoms with Crippen LogP contribution in [0.3, 0.4) is 0 Å². The highest BCUT2D eigenvalue weighted by Gasteiger charge is 2.24. The number of pyridine rings is 2. The van der Waals surface area contributed by atoms with Crippen molar-refractivity contribution < 1.29 is 32.9 Å². The number of carboxylic acid groups (broad SMARTS) is 1. The molecule has 2 aromatic carbocycles. The van der Waals surface area contributed by atoms with E-state index in [1.54, 1.807) is 24.3 Å². The summed E-state index contributed by atoms with van der Waals surface area (Å²) in [5.41, 5.74) is 2.23. The summed E-state index contributed by atoms with van der Waals surface area (Å²) in [5.74, 6) is -1.34. The summed E-state index contributed by atoms with van der Waals surface area (Å²) < 4.78 is 49.4. The number of hydrogen-bond acceptors (Lipinski definition) is 8. The van der Waals surface area contributed by atoms with Gasteiger partial charge in [-0.25, -0.2) is 28.5 Å². The molecule has 0 aliphatic carbocycles. The van der Waals surface area contributed by atoms with Crippen LogP contribution in [0, 0.1) is 23.0 Å². The van der Waals surface area contributed by atoms with E-state index in [2.05, 4.69) is 15.0 Å². The molecule has 0 amide bonds. The molecule has 1 fully saturated rings. The molecule has 1 unspecified atom stereocenters. The van der Waals surface area contributed by atoms with Gasteiger partial charge in [0.1, 0.15) is 41.6 Å². The molecule has 12 heteroatoms. The molecule has 1 aliphatic heterocycles. The zero-order chi connectivity index (χ0) is 30.8. The Balaban J connectivity index is 1.26. The summed E-state index contributed by atoms with van der Waals surface area (Å²) in [6.45, 7) is 1.07. The van der Waals surface area contributed by atoms with Crippen molar-refractivity contribution in [1.29, 1.82) is 5.26 Å². The van der Waals surface area contributed by atoms with E-state index in [0.29, 0.717) is 41.3 Å². The van der Waals surface area contributed by atoms with Crippen LogP contribution >= 0.6 is 0 Å². The standard InChI is InChI=1S/C32H25F2N5O5/c1-42-29-12-21(14-35)36-15-20(29)17-44-31-4-2-3-26(38-31)23-13-24(33)19(9-25(23)34)11-30-37-27-6-5-18(32(40)41)10-28(27)39(30)16-22-7-8-43-22/h2-6,9-10,12-13,15,22H,7-8,11,16-17H2,1H3,(H,40,41). The second-order valence-corrected chi connectivity index (χ2v) is 10.2. The van der Waals surface area contributed by atoms with Gasteiger partial charge in [-0.3, -0.25) is 0 Å². The molecule has 5 aromatic rings. The number of carboxylic acids is 1. The minimum absolute atomic E-state index is 0.0228. The van der Waals surface area contributed by atoms with Gasteiger partial charge < -0.3 is 23.9 Å². The van der Waals surface area contributed by atoms with Crippen molar-refractivity contribution in [2.24, 2.45) is 0 Å². The lowest BCUT2D eigenvalue weighted by atomic mass is 10.0. The van der Waals surface area contributed by atoms with E-state index in [-0.39, 0.29) is 53.1 Å². The molecule has 1 atom stereocenters. The van der Waals surface area contributed by atoms with Crippen molar-refractivity contribution in [3.63, 3.8) is 0 Å². The number of methoxy groups -OCH3 is 1. The molecule has 0 bridgehead atoms. The van der Waals surface area contributed by atoms with Gasteiger partial charge >= 0.3 is 5.97 Å². The molecule has 0 saturated carbocycles. The lowest BCUT2D eigenvalue weighted by molar-refractivity contribution is -0.0589. The maximum absolute atomic E-state index is 15.5. The second-order valence-electron chi connectivity index (χ2n) is 10.2. The SMILES string of the molecule is COc1cc(C#N)ncc1COc1cccc(-c2cc(F)c(Cc3nc4ccc(C(=O)O)cc4n3CC3CCO3)cc2F)n1. The van der Waals surface area contributed by atoms with Gasteiger partial charge in [0.15, 0.2) is 0 Å². The second kappa shape index (κ2) is 12.1. The molecule has 1 saturated heterocycles. The highest BCUT2D eigenvalue weighted by molar-refractivity contribution is 5.92. The summed E-state index contributed by atoms with van der Waals surface area (Å²) in [5, 5.41) is 18.5. The number of imidazole rings is 1. The smallest absolute Gasteiger partial charge is 0.335 e. The minimum Gasteiger partial charge on any atom is -0.496 e. The third-order valence-electron chi connectivity index (χ3n) is 7.39. The molecule has 1 N–H and O–H groups in total. The van der Waals surface area contributed by atoms with Crippen LogP contribution in [0.1, 0.15) is 39.4 Å². The van der Waals surface area contributed by atoms with Crippen LogP contribution < -0.4 is 9.47 Å². The third kappa shape index (κ3) is 5.77. The number of benzene rings is 2. The lowest BCUT2D eigenvalue weighted by Crippen LogP contribution is -2.31. The predicted octanol–water partition coefficient (Wildman–Crippen LogP) is 5.31. The largest absolute Gasteiger partial charge is 0.496 e. The fourth-order valence-electron chi connectivity index (χ4n) is 4.99. The van der Waals surface area contributed by atoms with Crippen LogP contribution in [0.15, 0.2) is 60.8 Å². The van der Waals surface area contributed by atoms with Crippen LogP contribution in [-0.4, -0.2) is 50.4 Å². The van der Waals surface area contributed by atoms with Gasteiger partial charge in [0, 0.05) is 42.5 Å². The van der Waals surface area contributed by atoms with Crippen molar-refractivity contribution in [3.8, 4) is 29.0 Å². The maximum atomic E-state index is 15.5. The van der Waals surface area contributed by atoms with E-state index in [0.717, 1.165) is 18.6 Å². The molecule has 0 spiro atoms. The molecule has 3 aromatic heterocycles. The first kappa shape index (κ1) is 28.7. The van der Waals surface area contributed by atoms with Crippen molar-refractivity contribution in [3.05, 3.63) is 101 Å². The molecule has 222 valence electrons. The van der Waals surface area contributed by atoms with Gasteiger partial charge in [0.2, 0.25) is 5.88 Å². The zero-order valence-corrected chi connectivity index (χ0v) is 23.5. The number of nitrogens with zero attached hydrogens (tertiary/aromatic N) is 5. The van der Waals surface area contributed by atoms with Gasteiger partial charge in [-0.15, -0.1) is 0 Å². The lowest BCUT2D eigenvalue weighted by Gasteiger charge is -2.27. The van der Waals surface area contributed by atoms with E-state index in [1.165, 1.54) is 31.5 Å². The summed E-state index contributed by atoms with van der Waals surface area (Å²) in [6.07, 6.45) is 2.21. The molecule has 6 rings (SSSR count). The first-order valence-electron chi connectivity index (χ1n) is 13.7. The molecule has 1 aliphatic rings. The maximum Gasteiger partial charge on any atom is 0.335 e. The highest BCUT2D eigenvalue weighted by Crippen LogP contribution is 2.29. The number of aromatic carboxylic acids is 1. The molecular formula is C32H25F2N5O5. The molecule has 4 heterocycles. The Kier molecular flexibility index (Phi) is 7.87. The Labute approximate surface area is 250 Å². The topological polar surface area (TPSA) is 132 Å². The molecular weight excluding hydrogens is 572 g/mol. The van der Waals surface area contributed by atoms with Gasteiger partial charge in [-0.1, -0.05) is 6.07 Å². The zero-order valence-electron chi connectivity index (χ0n) is 23.5. The summed E-state index contributed by atoms with van der Waals surface area (Å²) in [6, 6.07) is 15.0. The van der Waals surface area contributed by atoms with Gasteiger partial charge in [0.25, 0.3) is 0 Å². The van der Waals surface area contributed by atoms with Crippen molar-refractivity contribution in [1.82, 2.24) is 19.5 Å². The van der Waals surface area contributed by atoms with Gasteiger partial charge in [-0.2, -0.15) is 5.26 Å². The first-order valence-corrected chi connectivity index (χ1v) is 13.7. The number of ether oxygens (including phenoxy) is 3. The van der Waals surface area contributed by atoms with E-state index in [1.807, 2.05) is 10.6 Å². The molecule has 0 radical (unpaired) electrons. The Bertz CT molecular complexity index is 1930. The van der Waals surface area contributed by atoms with E-state index in [4.69, 9.17) is 19.5 Å². The van der Waals surface area contributed by atoms with E-state index >= 15 is 8.78 Å². The van der Waals surface area contributed by atoms with Gasteiger partial charge in [-0.05, 0) is 48.4 Å². The highest BCUT2D eigenvalue weighted by atomic mass is 19.1. The minimum atomic E-state index is -1.07. The number of hydrogen-bond donors (Lipinski definition) is 1. The average molecular weight is 598 g/mol. The predicted molar refractivity (Wildman–Crippen MR) is 153 cm³/mol. The molecule has 44 heavy (non-hydrogen) atoms. The first-order chi connectivity index (χ1) is 21.3. The quantitative estimate of drug-likeness (QED) is 0.227. The van der Waals surface area contributed by atoms with E-state index < -0.39 is 17.6 Å². The summed E-state index contributed by atoms with van der Waals surface area (Å²) in [7, 11) is 1.47. The Morgan fingerprint density at radius 3 is 2.70 bits per heavy atom. The summed E-state index contributed by atoms with van der Waals surface area (Å²) in [4.78, 5) is 24.6. The number of halogens is 2. The van der Waals surface area contributed by atoms with Crippen LogP contribution in [0.5, 0.6) is 11.6 Å². The normalized spacial score (nSPS) is 14.2. The number of carbonyl (C=O) groups is 1. The number of rotatable bonds is 10. The molecule has 10 nitrogen and oxygen atoms in total. The fourth-order valence-corrected chi connectivity index (χ4v) is 4.99. The Hall–Kier alpha value is -5.41. The van der Waals surface area contributed by atoms with Gasteiger partial charge in [0.05, 0.1) is 42.0 Å². The monoisotopic (exact) mass is 597 g/mol. The van der Waals surface area contributed by atoms with Crippen LogP contribution in [0.2, 0.25) is 0 Å². The third-order valence-corrected chi connectivity index (χ3v) is 7.39. The van der Waals surface area contributed by atoms with Crippen LogP contribution in [0.25, 0.3) is 22.3 Å². The van der Waals surface area contributed by atoms with Crippen LogP contribution in [-0.2, 0) is 24.3 Å². The van der Waals surface area contributed by atoms with Crippen LogP contribution in [0.4, 0.5) is 8.78 Å². The number of aromatic nitrogens is 4.